The molecule has 4 heteroatoms. The maximum Gasteiger partial charge on any atom is 0.310 e. The summed E-state index contributed by atoms with van der Waals surface area (Å²) in [5.74, 6) is -1.29. The number of amides is 1. The second-order valence-corrected chi connectivity index (χ2v) is 6.53. The highest BCUT2D eigenvalue weighted by molar-refractivity contribution is 5.88. The molecule has 0 unspecified atom stereocenters. The lowest BCUT2D eigenvalue weighted by atomic mass is 9.62. The normalized spacial score (nSPS) is 31.0. The van der Waals surface area contributed by atoms with Crippen LogP contribution in [0.25, 0.3) is 0 Å². The van der Waals surface area contributed by atoms with Crippen LogP contribution >= 0.6 is 0 Å². The summed E-state index contributed by atoms with van der Waals surface area (Å²) in [6.07, 6.45) is 5.22. The highest BCUT2D eigenvalue weighted by Gasteiger charge is 2.52. The predicted octanol–water partition coefficient (Wildman–Crippen LogP) is 2.70. The van der Waals surface area contributed by atoms with E-state index in [0.29, 0.717) is 19.5 Å². The van der Waals surface area contributed by atoms with Gasteiger partial charge in [0.1, 0.15) is 0 Å². The third-order valence-corrected chi connectivity index (χ3v) is 5.05. The van der Waals surface area contributed by atoms with E-state index in [1.807, 2.05) is 47.4 Å². The van der Waals surface area contributed by atoms with Gasteiger partial charge >= 0.3 is 5.97 Å². The molecular formula is C18H21NO3. The van der Waals surface area contributed by atoms with Crippen LogP contribution in [0.2, 0.25) is 0 Å². The van der Waals surface area contributed by atoms with E-state index in [-0.39, 0.29) is 11.8 Å². The van der Waals surface area contributed by atoms with Gasteiger partial charge in [-0.15, -0.1) is 0 Å². The first kappa shape index (κ1) is 14.8. The van der Waals surface area contributed by atoms with Crippen molar-refractivity contribution >= 4 is 11.9 Å². The molecule has 1 fully saturated rings. The van der Waals surface area contributed by atoms with E-state index in [2.05, 4.69) is 0 Å². The molecule has 0 radical (unpaired) electrons. The number of hydrogen-bond acceptors (Lipinski definition) is 2. The molecule has 1 aromatic carbocycles. The Morgan fingerprint density at radius 1 is 1.36 bits per heavy atom. The van der Waals surface area contributed by atoms with E-state index in [1.165, 1.54) is 0 Å². The topological polar surface area (TPSA) is 57.6 Å². The third kappa shape index (κ3) is 2.43. The van der Waals surface area contributed by atoms with Crippen LogP contribution in [0.4, 0.5) is 0 Å². The second kappa shape index (κ2) is 5.59. The minimum absolute atomic E-state index is 0.0191. The van der Waals surface area contributed by atoms with E-state index < -0.39 is 17.3 Å². The molecule has 0 aromatic heterocycles. The fourth-order valence-electron chi connectivity index (χ4n) is 3.71. The molecule has 1 aliphatic carbocycles. The molecule has 1 saturated heterocycles. The number of likely N-dealkylation sites (tertiary alicyclic amines) is 1. The Kier molecular flexibility index (Phi) is 3.77. The average molecular weight is 299 g/mol. The maximum absolute atomic E-state index is 12.9. The highest BCUT2D eigenvalue weighted by atomic mass is 16.4. The average Bonchev–Trinajstić information content (AvgIpc) is 2.51. The van der Waals surface area contributed by atoms with Crippen molar-refractivity contribution in [2.75, 3.05) is 6.54 Å². The Hall–Kier alpha value is -2.10. The summed E-state index contributed by atoms with van der Waals surface area (Å²) in [5.41, 5.74) is 0.0870. The van der Waals surface area contributed by atoms with Crippen molar-refractivity contribution in [3.63, 3.8) is 0 Å². The zero-order valence-electron chi connectivity index (χ0n) is 12.7. The van der Waals surface area contributed by atoms with Crippen molar-refractivity contribution in [3.05, 3.63) is 48.0 Å². The number of nitrogens with zero attached hydrogens (tertiary/aromatic N) is 1. The van der Waals surface area contributed by atoms with Gasteiger partial charge in [-0.1, -0.05) is 42.5 Å². The third-order valence-electron chi connectivity index (χ3n) is 5.05. The van der Waals surface area contributed by atoms with Crippen LogP contribution in [0, 0.1) is 17.3 Å². The van der Waals surface area contributed by atoms with Crippen LogP contribution in [0.1, 0.15) is 25.3 Å². The van der Waals surface area contributed by atoms with Crippen molar-refractivity contribution in [1.29, 1.82) is 0 Å². The van der Waals surface area contributed by atoms with Crippen LogP contribution in [-0.4, -0.2) is 28.4 Å². The molecule has 1 aromatic rings. The first-order chi connectivity index (χ1) is 10.5. The molecule has 1 heterocycles. The largest absolute Gasteiger partial charge is 0.481 e. The minimum atomic E-state index is -0.994. The van der Waals surface area contributed by atoms with E-state index in [9.17, 15) is 14.7 Å². The van der Waals surface area contributed by atoms with Gasteiger partial charge in [-0.2, -0.15) is 0 Å². The zero-order chi connectivity index (χ0) is 15.7. The lowest BCUT2D eigenvalue weighted by Gasteiger charge is -2.45. The van der Waals surface area contributed by atoms with Crippen molar-refractivity contribution in [2.45, 2.75) is 26.3 Å². The first-order valence-electron chi connectivity index (χ1n) is 7.75. The van der Waals surface area contributed by atoms with E-state index in [0.717, 1.165) is 12.0 Å². The van der Waals surface area contributed by atoms with Gasteiger partial charge in [0.25, 0.3) is 0 Å². The molecule has 0 bridgehead atoms. The zero-order valence-corrected chi connectivity index (χ0v) is 12.7. The SMILES string of the molecule is C[C@]1(C(=O)O)CC=C[C@H]2CCN(Cc3ccccc3)C(=O)[C@H]21. The molecule has 0 spiro atoms. The molecular weight excluding hydrogens is 278 g/mol. The number of aliphatic carboxylic acids is 1. The number of carbonyl (C=O) groups is 2. The summed E-state index contributed by atoms with van der Waals surface area (Å²) in [5, 5.41) is 9.63. The van der Waals surface area contributed by atoms with Gasteiger partial charge in [0.2, 0.25) is 5.91 Å². The number of carboxylic acid groups (broad SMARTS) is 1. The van der Waals surface area contributed by atoms with Gasteiger partial charge in [0.15, 0.2) is 0 Å². The standard InChI is InChI=1S/C18H21NO3/c1-18(17(21)22)10-5-8-14-9-11-19(16(20)15(14)18)12-13-6-3-2-4-7-13/h2-8,14-15H,9-12H2,1H3,(H,21,22)/t14-,15-,18-/m0/s1. The summed E-state index contributed by atoms with van der Waals surface area (Å²) in [6.45, 7) is 2.96. The summed E-state index contributed by atoms with van der Waals surface area (Å²) in [6, 6.07) is 9.85. The fourth-order valence-corrected chi connectivity index (χ4v) is 3.71. The molecule has 4 nitrogen and oxygen atoms in total. The predicted molar refractivity (Wildman–Crippen MR) is 83.0 cm³/mol. The fraction of sp³-hybridized carbons (Fsp3) is 0.444. The maximum atomic E-state index is 12.9. The van der Waals surface area contributed by atoms with Crippen LogP contribution in [0.3, 0.4) is 0 Å². The van der Waals surface area contributed by atoms with Crippen LogP contribution in [0.15, 0.2) is 42.5 Å². The van der Waals surface area contributed by atoms with Gasteiger partial charge in [-0.05, 0) is 31.2 Å². The van der Waals surface area contributed by atoms with Crippen LogP contribution in [-0.2, 0) is 16.1 Å². The lowest BCUT2D eigenvalue weighted by Crippen LogP contribution is -2.54. The number of carbonyl (C=O) groups excluding carboxylic acids is 1. The number of piperidine rings is 1. The summed E-state index contributed by atoms with van der Waals surface area (Å²) in [4.78, 5) is 26.5. The van der Waals surface area contributed by atoms with Gasteiger partial charge in [-0.25, -0.2) is 0 Å². The van der Waals surface area contributed by atoms with Crippen LogP contribution < -0.4 is 0 Å². The number of hydrogen-bond donors (Lipinski definition) is 1. The monoisotopic (exact) mass is 299 g/mol. The van der Waals surface area contributed by atoms with E-state index in [1.54, 1.807) is 6.92 Å². The van der Waals surface area contributed by atoms with Crippen molar-refractivity contribution in [1.82, 2.24) is 4.90 Å². The molecule has 3 rings (SSSR count). The molecule has 1 N–H and O–H groups in total. The number of fused-ring (bicyclic) bond motifs is 1. The number of benzene rings is 1. The molecule has 1 amide bonds. The number of carboxylic acids is 1. The summed E-state index contributed by atoms with van der Waals surface area (Å²) in [7, 11) is 0. The van der Waals surface area contributed by atoms with Crippen molar-refractivity contribution in [3.8, 4) is 0 Å². The quantitative estimate of drug-likeness (QED) is 0.873. The Balaban J connectivity index is 1.85. The summed E-state index contributed by atoms with van der Waals surface area (Å²) >= 11 is 0. The number of allylic oxidation sites excluding steroid dienone is 2. The molecule has 22 heavy (non-hydrogen) atoms. The Morgan fingerprint density at radius 2 is 2.09 bits per heavy atom. The highest BCUT2D eigenvalue weighted by Crippen LogP contribution is 2.45. The first-order valence-corrected chi connectivity index (χ1v) is 7.75. The van der Waals surface area contributed by atoms with Gasteiger partial charge < -0.3 is 10.0 Å². The van der Waals surface area contributed by atoms with Gasteiger partial charge in [0.05, 0.1) is 11.3 Å². The molecule has 116 valence electrons. The summed E-state index contributed by atoms with van der Waals surface area (Å²) < 4.78 is 0. The Morgan fingerprint density at radius 3 is 2.77 bits per heavy atom. The lowest BCUT2D eigenvalue weighted by molar-refractivity contribution is -0.164. The molecule has 1 aliphatic heterocycles. The molecule has 3 atom stereocenters. The van der Waals surface area contributed by atoms with Gasteiger partial charge in [-0.3, -0.25) is 9.59 Å². The van der Waals surface area contributed by atoms with Gasteiger partial charge in [0, 0.05) is 13.1 Å². The Labute approximate surface area is 130 Å². The molecule has 2 aliphatic rings. The smallest absolute Gasteiger partial charge is 0.310 e. The van der Waals surface area contributed by atoms with E-state index >= 15 is 0 Å². The van der Waals surface area contributed by atoms with Crippen molar-refractivity contribution < 1.29 is 14.7 Å². The van der Waals surface area contributed by atoms with Crippen LogP contribution in [0.5, 0.6) is 0 Å². The minimum Gasteiger partial charge on any atom is -0.481 e. The van der Waals surface area contributed by atoms with Crippen molar-refractivity contribution in [2.24, 2.45) is 17.3 Å². The Bertz CT molecular complexity index is 610. The molecule has 0 saturated carbocycles. The second-order valence-electron chi connectivity index (χ2n) is 6.53. The van der Waals surface area contributed by atoms with E-state index in [4.69, 9.17) is 0 Å². The number of rotatable bonds is 3.